The number of hydrogen-bond acceptors (Lipinski definition) is 11. The van der Waals surface area contributed by atoms with Gasteiger partial charge < -0.3 is 34.9 Å². The lowest BCUT2D eigenvalue weighted by Gasteiger charge is -2.25. The van der Waals surface area contributed by atoms with Gasteiger partial charge in [0.05, 0.1) is 31.3 Å². The fourth-order valence-electron chi connectivity index (χ4n) is 3.64. The minimum absolute atomic E-state index is 0.0739. The van der Waals surface area contributed by atoms with Crippen LogP contribution in [0.4, 0.5) is 25.5 Å². The second kappa shape index (κ2) is 13.2. The van der Waals surface area contributed by atoms with Gasteiger partial charge in [0, 0.05) is 6.07 Å². The van der Waals surface area contributed by atoms with Crippen molar-refractivity contribution < 1.29 is 37.7 Å². The van der Waals surface area contributed by atoms with Gasteiger partial charge in [-0.25, -0.2) is 28.7 Å². The van der Waals surface area contributed by atoms with Gasteiger partial charge in [-0.1, -0.05) is 0 Å². The molecule has 0 atom stereocenters. The number of rotatable bonds is 9. The van der Waals surface area contributed by atoms with Crippen LogP contribution in [0.5, 0.6) is 5.75 Å². The number of halogens is 1. The largest absolute Gasteiger partial charge is 0.484 e. The number of anilines is 2. The Morgan fingerprint density at radius 3 is 2.12 bits per heavy atom. The highest BCUT2D eigenvalue weighted by Crippen LogP contribution is 2.37. The molecule has 0 aliphatic heterocycles. The molecule has 0 aliphatic carbocycles. The lowest BCUT2D eigenvalue weighted by atomic mass is 10.2. The predicted molar refractivity (Wildman–Crippen MR) is 156 cm³/mol. The molecular formula is C28H36FN5O7S. The average molecular weight is 606 g/mol. The Hall–Kier alpha value is -4.20. The van der Waals surface area contributed by atoms with E-state index in [4.69, 9.17) is 18.9 Å². The van der Waals surface area contributed by atoms with Crippen LogP contribution < -0.4 is 20.7 Å². The topological polar surface area (TPSA) is 150 Å². The summed E-state index contributed by atoms with van der Waals surface area (Å²) in [6, 6.07) is 3.86. The monoisotopic (exact) mass is 605 g/mol. The van der Waals surface area contributed by atoms with Crippen LogP contribution in [0, 0.1) is 12.7 Å². The average Bonchev–Trinajstić information content (AvgIpc) is 3.21. The Labute approximate surface area is 247 Å². The number of aromatic nitrogens is 2. The van der Waals surface area contributed by atoms with E-state index >= 15 is 0 Å². The molecule has 0 aliphatic rings. The van der Waals surface area contributed by atoms with Crippen molar-refractivity contribution in [2.24, 2.45) is 0 Å². The Balaban J connectivity index is 1.89. The fourth-order valence-corrected chi connectivity index (χ4v) is 4.70. The van der Waals surface area contributed by atoms with E-state index in [-0.39, 0.29) is 18.8 Å². The van der Waals surface area contributed by atoms with E-state index < -0.39 is 41.3 Å². The summed E-state index contributed by atoms with van der Waals surface area (Å²) >= 11 is 1.16. The van der Waals surface area contributed by atoms with Crippen molar-refractivity contribution >= 4 is 51.2 Å². The van der Waals surface area contributed by atoms with Gasteiger partial charge in [0.2, 0.25) is 0 Å². The van der Waals surface area contributed by atoms with Crippen LogP contribution in [0.3, 0.4) is 0 Å². The number of fused-ring (bicyclic) bond motifs is 1. The molecule has 3 aromatic rings. The maximum atomic E-state index is 14.4. The number of carbonyl (C=O) groups excluding carboxylic acids is 3. The number of nitrogens with one attached hydrogen (secondary N) is 3. The van der Waals surface area contributed by atoms with Crippen LogP contribution in [0.1, 0.15) is 56.8 Å². The molecule has 2 heterocycles. The van der Waals surface area contributed by atoms with E-state index in [0.717, 1.165) is 17.4 Å². The van der Waals surface area contributed by atoms with Crippen LogP contribution >= 0.6 is 11.3 Å². The van der Waals surface area contributed by atoms with E-state index in [1.165, 1.54) is 25.6 Å². The SMILES string of the molecule is COC(=O)c1sc2ncnc(Nc3ccc(F)cc3OC(CNC(=O)OC(C)(C)C)CNC(=O)OC(C)(C)C)c2c1C. The van der Waals surface area contributed by atoms with E-state index in [9.17, 15) is 18.8 Å². The van der Waals surface area contributed by atoms with Crippen molar-refractivity contribution in [3.8, 4) is 5.75 Å². The van der Waals surface area contributed by atoms with Gasteiger partial charge in [-0.3, -0.25) is 0 Å². The van der Waals surface area contributed by atoms with E-state index in [2.05, 4.69) is 25.9 Å². The third-order valence-corrected chi connectivity index (χ3v) is 6.51. The number of amides is 2. The van der Waals surface area contributed by atoms with Crippen molar-refractivity contribution in [2.45, 2.75) is 65.8 Å². The second-order valence-corrected chi connectivity index (χ2v) is 12.2. The quantitative estimate of drug-likeness (QED) is 0.212. The first kappa shape index (κ1) is 32.3. The van der Waals surface area contributed by atoms with Crippen molar-refractivity contribution in [2.75, 3.05) is 25.5 Å². The number of hydrogen-bond donors (Lipinski definition) is 3. The number of benzene rings is 1. The summed E-state index contributed by atoms with van der Waals surface area (Å²) in [5, 5.41) is 8.95. The van der Waals surface area contributed by atoms with Gasteiger partial charge in [0.15, 0.2) is 0 Å². The number of alkyl carbamates (subject to hydrolysis) is 2. The molecule has 0 spiro atoms. The van der Waals surface area contributed by atoms with Gasteiger partial charge in [0.1, 0.15) is 50.7 Å². The van der Waals surface area contributed by atoms with Crippen molar-refractivity contribution in [3.63, 3.8) is 0 Å². The molecule has 3 rings (SSSR count). The van der Waals surface area contributed by atoms with Crippen LogP contribution in [0.2, 0.25) is 0 Å². The lowest BCUT2D eigenvalue weighted by molar-refractivity contribution is 0.0474. The predicted octanol–water partition coefficient (Wildman–Crippen LogP) is 5.47. The number of thiophene rings is 1. The minimum Gasteiger partial charge on any atom is -0.484 e. The zero-order valence-corrected chi connectivity index (χ0v) is 25.7. The van der Waals surface area contributed by atoms with Gasteiger partial charge in [-0.2, -0.15) is 0 Å². The van der Waals surface area contributed by atoms with E-state index in [1.807, 2.05) is 0 Å². The Morgan fingerprint density at radius 2 is 1.57 bits per heavy atom. The molecule has 0 fully saturated rings. The number of esters is 1. The number of nitrogens with zero attached hydrogens (tertiary/aromatic N) is 2. The molecule has 3 N–H and O–H groups in total. The lowest BCUT2D eigenvalue weighted by Crippen LogP contribution is -2.45. The minimum atomic E-state index is -0.869. The Bertz CT molecular complexity index is 1420. The first-order valence-corrected chi connectivity index (χ1v) is 13.9. The summed E-state index contributed by atoms with van der Waals surface area (Å²) < 4.78 is 36.0. The standard InChI is InChI=1S/C28H36FN5O7S/c1-15-20-22(32-14-33-23(20)42-21(15)24(35)38-8)34-18-10-9-16(29)11-19(18)39-17(12-30-25(36)40-27(2,3)4)13-31-26(37)41-28(5,6)7/h9-11,14,17H,12-13H2,1-8H3,(H,30,36)(H,31,37)(H,32,33,34). The van der Waals surface area contributed by atoms with E-state index in [1.54, 1.807) is 48.5 Å². The maximum Gasteiger partial charge on any atom is 0.407 e. The van der Waals surface area contributed by atoms with Crippen LogP contribution in [-0.4, -0.2) is 65.6 Å². The highest BCUT2D eigenvalue weighted by Gasteiger charge is 2.24. The molecule has 2 amide bonds. The molecular weight excluding hydrogens is 569 g/mol. The summed E-state index contributed by atoms with van der Waals surface area (Å²) in [5.74, 6) is -0.646. The number of aryl methyl sites for hydroxylation is 1. The third-order valence-electron chi connectivity index (χ3n) is 5.33. The first-order chi connectivity index (χ1) is 19.6. The molecule has 0 saturated carbocycles. The normalized spacial score (nSPS) is 11.7. The molecule has 2 aromatic heterocycles. The summed E-state index contributed by atoms with van der Waals surface area (Å²) in [4.78, 5) is 46.4. The fraction of sp³-hybridized carbons (Fsp3) is 0.464. The molecule has 42 heavy (non-hydrogen) atoms. The van der Waals surface area contributed by atoms with Gasteiger partial charge in [0.25, 0.3) is 0 Å². The van der Waals surface area contributed by atoms with Crippen LogP contribution in [-0.2, 0) is 14.2 Å². The second-order valence-electron chi connectivity index (χ2n) is 11.2. The van der Waals surface area contributed by atoms with Gasteiger partial charge in [-0.05, 0) is 66.2 Å². The molecule has 0 unspecified atom stereocenters. The molecule has 0 radical (unpaired) electrons. The summed E-state index contributed by atoms with van der Waals surface area (Å²) in [7, 11) is 1.30. The van der Waals surface area contributed by atoms with Crippen LogP contribution in [0.25, 0.3) is 10.2 Å². The highest BCUT2D eigenvalue weighted by atomic mass is 32.1. The molecule has 14 heteroatoms. The molecule has 0 bridgehead atoms. The molecule has 228 valence electrons. The zero-order valence-electron chi connectivity index (χ0n) is 24.8. The maximum absolute atomic E-state index is 14.4. The summed E-state index contributed by atoms with van der Waals surface area (Å²) in [6.45, 7) is 11.9. The smallest absolute Gasteiger partial charge is 0.407 e. The Kier molecular flexibility index (Phi) is 10.1. The van der Waals surface area contributed by atoms with Gasteiger partial charge >= 0.3 is 18.2 Å². The highest BCUT2D eigenvalue weighted by molar-refractivity contribution is 7.20. The molecule has 12 nitrogen and oxygen atoms in total. The Morgan fingerprint density at radius 1 is 0.976 bits per heavy atom. The van der Waals surface area contributed by atoms with Crippen molar-refractivity contribution in [1.82, 2.24) is 20.6 Å². The zero-order chi connectivity index (χ0) is 31.2. The first-order valence-electron chi connectivity index (χ1n) is 13.1. The number of ether oxygens (including phenoxy) is 4. The van der Waals surface area contributed by atoms with Crippen molar-refractivity contribution in [1.29, 1.82) is 0 Å². The number of methoxy groups -OCH3 is 1. The van der Waals surface area contributed by atoms with Crippen molar-refractivity contribution in [3.05, 3.63) is 40.8 Å². The van der Waals surface area contributed by atoms with Gasteiger partial charge in [-0.15, -0.1) is 11.3 Å². The van der Waals surface area contributed by atoms with E-state index in [0.29, 0.717) is 32.2 Å². The molecule has 0 saturated heterocycles. The van der Waals surface area contributed by atoms with Crippen LogP contribution in [0.15, 0.2) is 24.5 Å². The molecule has 1 aromatic carbocycles. The third kappa shape index (κ3) is 9.16. The number of carbonyl (C=O) groups is 3. The summed E-state index contributed by atoms with van der Waals surface area (Å²) in [6.07, 6.45) is -0.914. The summed E-state index contributed by atoms with van der Waals surface area (Å²) in [5.41, 5.74) is -0.507.